The van der Waals surface area contributed by atoms with E-state index < -0.39 is 0 Å². The molecule has 0 amide bonds. The zero-order valence-electron chi connectivity index (χ0n) is 8.26. The normalized spacial score (nSPS) is 12.8. The lowest BCUT2D eigenvalue weighted by Gasteiger charge is -2.07. The second-order valence-electron chi connectivity index (χ2n) is 3.41. The Balaban J connectivity index is 2.53. The summed E-state index contributed by atoms with van der Waals surface area (Å²) < 4.78 is 0. The van der Waals surface area contributed by atoms with Gasteiger partial charge in [0, 0.05) is 23.7 Å². The third-order valence-corrected chi connectivity index (χ3v) is 2.38. The lowest BCUT2D eigenvalue weighted by Crippen LogP contribution is -2.04. The molecule has 1 unspecified atom stereocenters. The molecule has 1 aromatic rings. The van der Waals surface area contributed by atoms with E-state index in [9.17, 15) is 0 Å². The molecule has 0 saturated carbocycles. The molecule has 0 fully saturated rings. The average Bonchev–Trinajstić information content (AvgIpc) is 2.04. The summed E-state index contributed by atoms with van der Waals surface area (Å²) in [7, 11) is 0. The Kier molecular flexibility index (Phi) is 4.23. The van der Waals surface area contributed by atoms with Gasteiger partial charge in [0.15, 0.2) is 0 Å². The summed E-state index contributed by atoms with van der Waals surface area (Å²) in [6, 6.07) is 4.11. The van der Waals surface area contributed by atoms with Gasteiger partial charge in [0.25, 0.3) is 0 Å². The van der Waals surface area contributed by atoms with Gasteiger partial charge in [-0.05, 0) is 31.0 Å². The number of nitrogens with zero attached hydrogens (tertiary/aromatic N) is 1. The summed E-state index contributed by atoms with van der Waals surface area (Å²) in [4.78, 5) is 4.28. The highest BCUT2D eigenvalue weighted by Gasteiger charge is 2.05. The van der Waals surface area contributed by atoms with E-state index in [1.807, 2.05) is 12.3 Å². The van der Waals surface area contributed by atoms with Gasteiger partial charge in [-0.2, -0.15) is 0 Å². The fraction of sp³-hybridized carbons (Fsp3) is 0.545. The lowest BCUT2D eigenvalue weighted by molar-refractivity contribution is 0.716. The highest BCUT2D eigenvalue weighted by molar-refractivity contribution is 6.20. The number of alkyl halides is 1. The molecule has 1 heterocycles. The average molecular weight is 198 g/mol. The molecule has 1 rings (SSSR count). The second kappa shape index (κ2) is 5.23. The minimum atomic E-state index is 0.235. The van der Waals surface area contributed by atoms with Crippen molar-refractivity contribution in [2.24, 2.45) is 0 Å². The van der Waals surface area contributed by atoms with Crippen molar-refractivity contribution in [1.29, 1.82) is 0 Å². The molecule has 0 radical (unpaired) electrons. The van der Waals surface area contributed by atoms with E-state index in [4.69, 9.17) is 11.6 Å². The summed E-state index contributed by atoms with van der Waals surface area (Å²) in [5.41, 5.74) is 2.36. The highest BCUT2D eigenvalue weighted by atomic mass is 35.5. The monoisotopic (exact) mass is 197 g/mol. The van der Waals surface area contributed by atoms with Crippen molar-refractivity contribution in [2.75, 3.05) is 0 Å². The van der Waals surface area contributed by atoms with E-state index in [1.165, 1.54) is 5.56 Å². The second-order valence-corrected chi connectivity index (χ2v) is 4.03. The van der Waals surface area contributed by atoms with Crippen molar-refractivity contribution in [3.63, 3.8) is 0 Å². The van der Waals surface area contributed by atoms with Gasteiger partial charge >= 0.3 is 0 Å². The fourth-order valence-electron chi connectivity index (χ4n) is 1.35. The maximum Gasteiger partial charge on any atom is 0.0420 e. The van der Waals surface area contributed by atoms with Gasteiger partial charge < -0.3 is 0 Å². The van der Waals surface area contributed by atoms with E-state index in [0.717, 1.165) is 25.0 Å². The van der Waals surface area contributed by atoms with Crippen LogP contribution in [0.4, 0.5) is 0 Å². The molecule has 0 spiro atoms. The molecule has 2 heteroatoms. The fourth-order valence-corrected chi connectivity index (χ4v) is 1.73. The maximum atomic E-state index is 6.13. The molecule has 13 heavy (non-hydrogen) atoms. The summed E-state index contributed by atoms with van der Waals surface area (Å²) >= 11 is 6.13. The SMILES string of the molecule is CCCC(Cl)Cc1cc(C)ccn1. The van der Waals surface area contributed by atoms with E-state index in [-0.39, 0.29) is 5.38 Å². The van der Waals surface area contributed by atoms with Crippen LogP contribution < -0.4 is 0 Å². The van der Waals surface area contributed by atoms with E-state index in [0.29, 0.717) is 0 Å². The van der Waals surface area contributed by atoms with Crippen LogP contribution in [0, 0.1) is 6.92 Å². The zero-order valence-corrected chi connectivity index (χ0v) is 9.01. The predicted octanol–water partition coefficient (Wildman–Crippen LogP) is 3.34. The van der Waals surface area contributed by atoms with Crippen LogP contribution in [0.2, 0.25) is 0 Å². The Labute approximate surface area is 85.1 Å². The molecule has 0 bridgehead atoms. The first kappa shape index (κ1) is 10.5. The standard InChI is InChI=1S/C11H16ClN/c1-3-4-10(12)8-11-7-9(2)5-6-13-11/h5-7,10H,3-4,8H2,1-2H3. The Morgan fingerprint density at radius 1 is 1.54 bits per heavy atom. The Morgan fingerprint density at radius 2 is 2.31 bits per heavy atom. The quantitative estimate of drug-likeness (QED) is 0.675. The number of aryl methyl sites for hydroxylation is 1. The lowest BCUT2D eigenvalue weighted by atomic mass is 10.1. The first-order valence-electron chi connectivity index (χ1n) is 4.78. The topological polar surface area (TPSA) is 12.9 Å². The third kappa shape index (κ3) is 3.77. The van der Waals surface area contributed by atoms with Gasteiger partial charge in [-0.15, -0.1) is 11.6 Å². The van der Waals surface area contributed by atoms with Crippen molar-refractivity contribution in [3.05, 3.63) is 29.6 Å². The number of halogens is 1. The Morgan fingerprint density at radius 3 is 2.92 bits per heavy atom. The van der Waals surface area contributed by atoms with Gasteiger partial charge in [-0.3, -0.25) is 4.98 Å². The molecule has 1 atom stereocenters. The number of hydrogen-bond donors (Lipinski definition) is 0. The molecule has 0 aliphatic heterocycles. The third-order valence-electron chi connectivity index (χ3n) is 2.00. The minimum absolute atomic E-state index is 0.235. The highest BCUT2D eigenvalue weighted by Crippen LogP contribution is 2.12. The van der Waals surface area contributed by atoms with Crippen molar-refractivity contribution < 1.29 is 0 Å². The molecular weight excluding hydrogens is 182 g/mol. The first-order valence-corrected chi connectivity index (χ1v) is 5.21. The molecule has 0 aliphatic rings. The molecule has 0 aromatic carbocycles. The van der Waals surface area contributed by atoms with Crippen molar-refractivity contribution in [1.82, 2.24) is 4.98 Å². The Hall–Kier alpha value is -0.560. The van der Waals surface area contributed by atoms with Crippen LogP contribution >= 0.6 is 11.6 Å². The molecular formula is C11H16ClN. The minimum Gasteiger partial charge on any atom is -0.261 e. The van der Waals surface area contributed by atoms with Crippen LogP contribution in [0.5, 0.6) is 0 Å². The number of aromatic nitrogens is 1. The van der Waals surface area contributed by atoms with E-state index >= 15 is 0 Å². The van der Waals surface area contributed by atoms with E-state index in [2.05, 4.69) is 24.9 Å². The van der Waals surface area contributed by atoms with E-state index in [1.54, 1.807) is 0 Å². The molecule has 0 N–H and O–H groups in total. The van der Waals surface area contributed by atoms with Gasteiger partial charge in [0.05, 0.1) is 0 Å². The zero-order chi connectivity index (χ0) is 9.68. The van der Waals surface area contributed by atoms with Crippen LogP contribution in [0.1, 0.15) is 31.0 Å². The molecule has 0 saturated heterocycles. The Bertz CT molecular complexity index is 260. The van der Waals surface area contributed by atoms with Crippen molar-refractivity contribution >= 4 is 11.6 Å². The summed E-state index contributed by atoms with van der Waals surface area (Å²) in [5.74, 6) is 0. The summed E-state index contributed by atoms with van der Waals surface area (Å²) in [5, 5.41) is 0.235. The first-order chi connectivity index (χ1) is 6.22. The van der Waals surface area contributed by atoms with Crippen molar-refractivity contribution in [2.45, 2.75) is 38.5 Å². The summed E-state index contributed by atoms with van der Waals surface area (Å²) in [6.45, 7) is 4.23. The summed E-state index contributed by atoms with van der Waals surface area (Å²) in [6.07, 6.45) is 4.94. The van der Waals surface area contributed by atoms with Crippen LogP contribution in [-0.4, -0.2) is 10.4 Å². The van der Waals surface area contributed by atoms with Crippen LogP contribution in [0.15, 0.2) is 18.3 Å². The maximum absolute atomic E-state index is 6.13. The molecule has 1 aromatic heterocycles. The van der Waals surface area contributed by atoms with Crippen molar-refractivity contribution in [3.8, 4) is 0 Å². The predicted molar refractivity (Wildman–Crippen MR) is 57.2 cm³/mol. The van der Waals surface area contributed by atoms with Gasteiger partial charge in [0.2, 0.25) is 0 Å². The van der Waals surface area contributed by atoms with Crippen LogP contribution in [0.25, 0.3) is 0 Å². The smallest absolute Gasteiger partial charge is 0.0420 e. The van der Waals surface area contributed by atoms with Gasteiger partial charge in [-0.25, -0.2) is 0 Å². The number of pyridine rings is 1. The number of hydrogen-bond acceptors (Lipinski definition) is 1. The number of rotatable bonds is 4. The largest absolute Gasteiger partial charge is 0.261 e. The molecule has 0 aliphatic carbocycles. The molecule has 72 valence electrons. The molecule has 1 nitrogen and oxygen atoms in total. The van der Waals surface area contributed by atoms with Gasteiger partial charge in [0.1, 0.15) is 0 Å². The van der Waals surface area contributed by atoms with Crippen LogP contribution in [0.3, 0.4) is 0 Å². The van der Waals surface area contributed by atoms with Crippen LogP contribution in [-0.2, 0) is 6.42 Å². The van der Waals surface area contributed by atoms with Gasteiger partial charge in [-0.1, -0.05) is 13.3 Å².